The number of halogens is 5. The maximum absolute atomic E-state index is 13.9. The number of Topliss-reactive ketones (excluding diaryl/α,β-unsaturated/α-hetero) is 1. The second kappa shape index (κ2) is 8.75. The number of benzene rings is 2. The average molecular weight is 440 g/mol. The number of aromatic nitrogens is 2. The molecule has 0 spiro atoms. The Morgan fingerprint density at radius 2 is 1.71 bits per heavy atom. The first kappa shape index (κ1) is 22.3. The zero-order chi connectivity index (χ0) is 22.8. The minimum atomic E-state index is -4.28. The fourth-order valence-corrected chi connectivity index (χ4v) is 2.84. The lowest BCUT2D eigenvalue weighted by Gasteiger charge is -2.16. The molecular weight excluding hydrogens is 423 g/mol. The standard InChI is InChI=1S/C21H17F5N2O3/c1-13(18(29)16-4-2-3-5-17(16)22)27-10-11-28(20(27)30)14-6-8-15(9-7-14)31-12-21(25,26)19(23)24/h2-11,13,19H,12H2,1H3/t13-/m1/s1. The highest BCUT2D eigenvalue weighted by Gasteiger charge is 2.41. The van der Waals surface area contributed by atoms with Gasteiger partial charge in [-0.3, -0.25) is 13.9 Å². The molecule has 31 heavy (non-hydrogen) atoms. The molecule has 0 aliphatic heterocycles. The van der Waals surface area contributed by atoms with Crippen LogP contribution in [-0.4, -0.2) is 33.9 Å². The number of alkyl halides is 4. The lowest BCUT2D eigenvalue weighted by molar-refractivity contribution is -0.148. The molecule has 0 aliphatic carbocycles. The Morgan fingerprint density at radius 1 is 1.06 bits per heavy atom. The summed E-state index contributed by atoms with van der Waals surface area (Å²) in [7, 11) is 0. The molecule has 0 unspecified atom stereocenters. The van der Waals surface area contributed by atoms with Gasteiger partial charge in [-0.05, 0) is 43.3 Å². The smallest absolute Gasteiger partial charge is 0.340 e. The number of ketones is 1. The molecular formula is C21H17F5N2O3. The van der Waals surface area contributed by atoms with Crippen LogP contribution in [0.25, 0.3) is 5.69 Å². The summed E-state index contributed by atoms with van der Waals surface area (Å²) in [6.07, 6.45) is -1.10. The first-order chi connectivity index (χ1) is 14.6. The van der Waals surface area contributed by atoms with Gasteiger partial charge in [-0.25, -0.2) is 18.0 Å². The van der Waals surface area contributed by atoms with Crippen molar-refractivity contribution < 1.29 is 31.5 Å². The number of hydrogen-bond acceptors (Lipinski definition) is 3. The maximum Gasteiger partial charge on any atom is 0.340 e. The van der Waals surface area contributed by atoms with E-state index in [-0.39, 0.29) is 11.3 Å². The van der Waals surface area contributed by atoms with Crippen molar-refractivity contribution in [3.05, 3.63) is 82.8 Å². The van der Waals surface area contributed by atoms with Crippen LogP contribution in [-0.2, 0) is 0 Å². The fourth-order valence-electron chi connectivity index (χ4n) is 2.84. The SMILES string of the molecule is C[C@H](C(=O)c1ccccc1F)n1ccn(-c2ccc(OCC(F)(F)C(F)F)cc2)c1=O. The van der Waals surface area contributed by atoms with Crippen LogP contribution in [0.4, 0.5) is 22.0 Å². The van der Waals surface area contributed by atoms with Crippen molar-refractivity contribution in [3.8, 4) is 11.4 Å². The summed E-state index contributed by atoms with van der Waals surface area (Å²) >= 11 is 0. The molecule has 0 fully saturated rings. The Hall–Kier alpha value is -3.43. The van der Waals surface area contributed by atoms with Crippen molar-refractivity contribution in [2.24, 2.45) is 0 Å². The van der Waals surface area contributed by atoms with Gasteiger partial charge in [0, 0.05) is 12.4 Å². The Bertz CT molecular complexity index is 1120. The van der Waals surface area contributed by atoms with E-state index in [4.69, 9.17) is 0 Å². The molecule has 3 aromatic rings. The van der Waals surface area contributed by atoms with Crippen molar-refractivity contribution in [2.75, 3.05) is 6.61 Å². The number of rotatable bonds is 8. The third-order valence-corrected chi connectivity index (χ3v) is 4.60. The molecule has 164 valence electrons. The van der Waals surface area contributed by atoms with E-state index in [0.29, 0.717) is 5.69 Å². The van der Waals surface area contributed by atoms with Crippen LogP contribution in [0, 0.1) is 5.82 Å². The van der Waals surface area contributed by atoms with Crippen LogP contribution in [0.2, 0.25) is 0 Å². The Labute approximate surface area is 173 Å². The largest absolute Gasteiger partial charge is 0.487 e. The Kier molecular flexibility index (Phi) is 6.28. The predicted molar refractivity (Wildman–Crippen MR) is 102 cm³/mol. The van der Waals surface area contributed by atoms with Gasteiger partial charge >= 0.3 is 18.0 Å². The summed E-state index contributed by atoms with van der Waals surface area (Å²) in [4.78, 5) is 25.3. The summed E-state index contributed by atoms with van der Waals surface area (Å²) in [5.41, 5.74) is -0.408. The molecule has 0 aliphatic rings. The second-order valence-electron chi connectivity index (χ2n) is 6.72. The van der Waals surface area contributed by atoms with Gasteiger partial charge in [0.15, 0.2) is 12.4 Å². The normalized spacial score (nSPS) is 12.7. The topological polar surface area (TPSA) is 53.2 Å². The lowest BCUT2D eigenvalue weighted by Crippen LogP contribution is -2.33. The quantitative estimate of drug-likeness (QED) is 0.383. The lowest BCUT2D eigenvalue weighted by atomic mass is 10.0. The van der Waals surface area contributed by atoms with Crippen molar-refractivity contribution in [2.45, 2.75) is 25.3 Å². The van der Waals surface area contributed by atoms with Crippen LogP contribution in [0.1, 0.15) is 23.3 Å². The van der Waals surface area contributed by atoms with Crippen LogP contribution >= 0.6 is 0 Å². The van der Waals surface area contributed by atoms with Gasteiger partial charge in [0.25, 0.3) is 0 Å². The highest BCUT2D eigenvalue weighted by molar-refractivity contribution is 5.99. The number of imidazole rings is 1. The molecule has 0 amide bonds. The average Bonchev–Trinajstić information content (AvgIpc) is 3.13. The zero-order valence-electron chi connectivity index (χ0n) is 16.1. The molecule has 0 saturated heterocycles. The highest BCUT2D eigenvalue weighted by atomic mass is 19.3. The molecule has 0 N–H and O–H groups in total. The third kappa shape index (κ3) is 4.68. The second-order valence-corrected chi connectivity index (χ2v) is 6.72. The number of hydrogen-bond donors (Lipinski definition) is 0. The van der Waals surface area contributed by atoms with Gasteiger partial charge in [-0.2, -0.15) is 8.78 Å². The summed E-state index contributed by atoms with van der Waals surface area (Å²) in [5.74, 6) is -5.64. The first-order valence-electron chi connectivity index (χ1n) is 9.09. The van der Waals surface area contributed by atoms with Gasteiger partial charge < -0.3 is 4.74 Å². The summed E-state index contributed by atoms with van der Waals surface area (Å²) in [6, 6.07) is 9.67. The van der Waals surface area contributed by atoms with Crippen molar-refractivity contribution in [1.29, 1.82) is 0 Å². The van der Waals surface area contributed by atoms with E-state index in [1.165, 1.54) is 66.3 Å². The Morgan fingerprint density at radius 3 is 2.32 bits per heavy atom. The van der Waals surface area contributed by atoms with Crippen LogP contribution < -0.4 is 10.4 Å². The van der Waals surface area contributed by atoms with E-state index >= 15 is 0 Å². The zero-order valence-corrected chi connectivity index (χ0v) is 16.1. The van der Waals surface area contributed by atoms with Gasteiger partial charge in [0.2, 0.25) is 0 Å². The van der Waals surface area contributed by atoms with Gasteiger partial charge in [0.1, 0.15) is 11.6 Å². The minimum Gasteiger partial charge on any atom is -0.487 e. The van der Waals surface area contributed by atoms with Crippen molar-refractivity contribution >= 4 is 5.78 Å². The molecule has 1 atom stereocenters. The van der Waals surface area contributed by atoms with Crippen molar-refractivity contribution in [3.63, 3.8) is 0 Å². The van der Waals surface area contributed by atoms with Gasteiger partial charge in [-0.15, -0.1) is 0 Å². The molecule has 2 aromatic carbocycles. The van der Waals surface area contributed by atoms with Crippen molar-refractivity contribution in [1.82, 2.24) is 9.13 Å². The summed E-state index contributed by atoms with van der Waals surface area (Å²) in [6.45, 7) is -0.0311. The minimum absolute atomic E-state index is 0.0837. The molecule has 5 nitrogen and oxygen atoms in total. The van der Waals surface area contributed by atoms with E-state index in [0.717, 1.165) is 10.6 Å². The molecule has 10 heteroatoms. The number of ether oxygens (including phenoxy) is 1. The van der Waals surface area contributed by atoms with Crippen LogP contribution in [0.3, 0.4) is 0 Å². The molecule has 0 radical (unpaired) electrons. The van der Waals surface area contributed by atoms with E-state index in [9.17, 15) is 31.5 Å². The predicted octanol–water partition coefficient (Wildman–Crippen LogP) is 4.50. The van der Waals surface area contributed by atoms with E-state index in [1.807, 2.05) is 0 Å². The van der Waals surface area contributed by atoms with Gasteiger partial charge in [0.05, 0.1) is 17.3 Å². The van der Waals surface area contributed by atoms with E-state index in [2.05, 4.69) is 4.74 Å². The van der Waals surface area contributed by atoms with Gasteiger partial charge in [-0.1, -0.05) is 12.1 Å². The highest BCUT2D eigenvalue weighted by Crippen LogP contribution is 2.25. The number of nitrogens with zero attached hydrogens (tertiary/aromatic N) is 2. The maximum atomic E-state index is 13.9. The van der Waals surface area contributed by atoms with Crippen LogP contribution in [0.5, 0.6) is 5.75 Å². The van der Waals surface area contributed by atoms with E-state index in [1.54, 1.807) is 0 Å². The first-order valence-corrected chi connectivity index (χ1v) is 9.09. The summed E-state index contributed by atoms with van der Waals surface area (Å²) < 4.78 is 71.1. The molecule has 0 bridgehead atoms. The van der Waals surface area contributed by atoms with Crippen LogP contribution in [0.15, 0.2) is 65.7 Å². The fraction of sp³-hybridized carbons (Fsp3) is 0.238. The monoisotopic (exact) mass is 440 g/mol. The summed E-state index contributed by atoms with van der Waals surface area (Å²) in [5, 5.41) is 0. The Balaban J connectivity index is 1.78. The third-order valence-electron chi connectivity index (χ3n) is 4.60. The molecule has 1 aromatic heterocycles. The number of carbonyl (C=O) groups excluding carboxylic acids is 1. The van der Waals surface area contributed by atoms with E-state index < -0.39 is 42.3 Å². The molecule has 1 heterocycles. The molecule has 3 rings (SSSR count). The molecule has 0 saturated carbocycles. The number of carbonyl (C=O) groups is 1.